The van der Waals surface area contributed by atoms with Gasteiger partial charge >= 0.3 is 12.4 Å². The van der Waals surface area contributed by atoms with Gasteiger partial charge in [-0.2, -0.15) is 8.78 Å². The van der Waals surface area contributed by atoms with Gasteiger partial charge in [-0.15, -0.1) is 12.4 Å². The number of rotatable bonds is 6. The fourth-order valence-electron chi connectivity index (χ4n) is 5.13. The zero-order valence-electron chi connectivity index (χ0n) is 18.0. The lowest BCUT2D eigenvalue weighted by Crippen LogP contribution is -2.52. The molecule has 0 amide bonds. The fraction of sp³-hybridized carbons (Fsp3) is 0.682. The van der Waals surface area contributed by atoms with Gasteiger partial charge in [-0.25, -0.2) is 4.79 Å². The Kier molecular flexibility index (Phi) is 7.65. The summed E-state index contributed by atoms with van der Waals surface area (Å²) >= 11 is 0. The average Bonchev–Trinajstić information content (AvgIpc) is 3.05. The molecule has 1 aromatic heterocycles. The smallest absolute Gasteiger partial charge is 0.420 e. The molecule has 1 saturated heterocycles. The van der Waals surface area contributed by atoms with Crippen LogP contribution < -0.4 is 10.5 Å². The number of halogens is 3. The van der Waals surface area contributed by atoms with Gasteiger partial charge in [0.25, 0.3) is 0 Å². The Bertz CT molecular complexity index is 916. The molecule has 174 valence electrons. The first-order valence-electron chi connectivity index (χ1n) is 10.9. The average molecular weight is 461 g/mol. The van der Waals surface area contributed by atoms with Crippen molar-refractivity contribution in [1.82, 2.24) is 9.47 Å². The number of fused-ring (bicyclic) bond motifs is 1. The molecule has 2 fully saturated rings. The highest BCUT2D eigenvalue weighted by Crippen LogP contribution is 2.38. The van der Waals surface area contributed by atoms with E-state index in [0.717, 1.165) is 58.2 Å². The Morgan fingerprint density at radius 3 is 2.48 bits per heavy atom. The maximum Gasteiger partial charge on any atom is 0.420 e. The van der Waals surface area contributed by atoms with Gasteiger partial charge in [0.1, 0.15) is 5.75 Å². The molecule has 2 aliphatic rings. The van der Waals surface area contributed by atoms with Crippen LogP contribution in [0.4, 0.5) is 8.78 Å². The van der Waals surface area contributed by atoms with Gasteiger partial charge in [0.2, 0.25) is 0 Å². The molecule has 1 aliphatic carbocycles. The second-order valence-corrected chi connectivity index (χ2v) is 8.62. The van der Waals surface area contributed by atoms with E-state index in [1.54, 1.807) is 4.57 Å². The summed E-state index contributed by atoms with van der Waals surface area (Å²) in [5, 5.41) is 0. The van der Waals surface area contributed by atoms with Crippen LogP contribution in [0.1, 0.15) is 58.4 Å². The SMILES string of the molecule is CCO[C@H]1CC[C@](C)(N2CCC(n3c(=O)oc4ccc(OC(F)F)cc43)CC2)CC1.Cl. The summed E-state index contributed by atoms with van der Waals surface area (Å²) in [4.78, 5) is 15.0. The van der Waals surface area contributed by atoms with Crippen molar-refractivity contribution in [3.8, 4) is 5.75 Å². The summed E-state index contributed by atoms with van der Waals surface area (Å²) in [6.45, 7) is 4.03. The summed E-state index contributed by atoms with van der Waals surface area (Å²) in [5.41, 5.74) is 1.07. The van der Waals surface area contributed by atoms with E-state index in [0.29, 0.717) is 17.2 Å². The Morgan fingerprint density at radius 1 is 1.19 bits per heavy atom. The van der Waals surface area contributed by atoms with E-state index in [9.17, 15) is 13.6 Å². The highest BCUT2D eigenvalue weighted by Gasteiger charge is 2.38. The lowest BCUT2D eigenvalue weighted by molar-refractivity contribution is -0.0497. The van der Waals surface area contributed by atoms with E-state index in [4.69, 9.17) is 9.15 Å². The van der Waals surface area contributed by atoms with Crippen molar-refractivity contribution in [3.63, 3.8) is 0 Å². The van der Waals surface area contributed by atoms with Crippen molar-refractivity contribution in [2.45, 2.75) is 76.7 Å². The minimum atomic E-state index is -2.91. The molecule has 0 bridgehead atoms. The first kappa shape index (κ1) is 24.0. The number of oxazole rings is 1. The van der Waals surface area contributed by atoms with Crippen molar-refractivity contribution in [2.24, 2.45) is 0 Å². The van der Waals surface area contributed by atoms with Crippen LogP contribution in [0.5, 0.6) is 5.75 Å². The lowest BCUT2D eigenvalue weighted by atomic mass is 9.79. The molecule has 1 saturated carbocycles. The predicted octanol–water partition coefficient (Wildman–Crippen LogP) is 4.99. The first-order chi connectivity index (χ1) is 14.4. The monoisotopic (exact) mass is 460 g/mol. The molecule has 0 spiro atoms. The van der Waals surface area contributed by atoms with Crippen molar-refractivity contribution in [1.29, 1.82) is 0 Å². The molecule has 9 heteroatoms. The predicted molar refractivity (Wildman–Crippen MR) is 116 cm³/mol. The lowest BCUT2D eigenvalue weighted by Gasteiger charge is -2.48. The molecule has 0 radical (unpaired) electrons. The van der Waals surface area contributed by atoms with Crippen molar-refractivity contribution in [3.05, 3.63) is 28.7 Å². The van der Waals surface area contributed by atoms with E-state index in [1.807, 2.05) is 6.92 Å². The van der Waals surface area contributed by atoms with Gasteiger partial charge in [-0.3, -0.25) is 9.47 Å². The van der Waals surface area contributed by atoms with Crippen LogP contribution in [0, 0.1) is 0 Å². The number of hydrogen-bond acceptors (Lipinski definition) is 5. The van der Waals surface area contributed by atoms with Crippen molar-refractivity contribution >= 4 is 23.5 Å². The maximum absolute atomic E-state index is 12.6. The van der Waals surface area contributed by atoms with Gasteiger partial charge < -0.3 is 13.9 Å². The summed E-state index contributed by atoms with van der Waals surface area (Å²) in [7, 11) is 0. The van der Waals surface area contributed by atoms with E-state index < -0.39 is 12.4 Å². The molecular formula is C22H31ClF2N2O4. The van der Waals surface area contributed by atoms with E-state index in [-0.39, 0.29) is 29.7 Å². The number of piperidine rings is 1. The van der Waals surface area contributed by atoms with E-state index >= 15 is 0 Å². The first-order valence-corrected chi connectivity index (χ1v) is 10.9. The second kappa shape index (κ2) is 9.88. The summed E-state index contributed by atoms with van der Waals surface area (Å²) < 4.78 is 42.4. The van der Waals surface area contributed by atoms with Crippen LogP contribution >= 0.6 is 12.4 Å². The number of benzene rings is 1. The van der Waals surface area contributed by atoms with Gasteiger partial charge in [0, 0.05) is 37.3 Å². The zero-order chi connectivity index (χ0) is 21.3. The Labute approximate surface area is 186 Å². The van der Waals surface area contributed by atoms with E-state index in [2.05, 4.69) is 16.6 Å². The van der Waals surface area contributed by atoms with Gasteiger partial charge in [-0.05, 0) is 64.5 Å². The third kappa shape index (κ3) is 5.07. The minimum Gasteiger partial charge on any atom is -0.435 e. The molecule has 1 aliphatic heterocycles. The van der Waals surface area contributed by atoms with Crippen molar-refractivity contribution in [2.75, 3.05) is 19.7 Å². The van der Waals surface area contributed by atoms with Gasteiger partial charge in [0.15, 0.2) is 5.58 Å². The van der Waals surface area contributed by atoms with Crippen LogP contribution in [-0.2, 0) is 4.74 Å². The number of aromatic nitrogens is 1. The van der Waals surface area contributed by atoms with E-state index in [1.165, 1.54) is 18.2 Å². The number of nitrogens with zero attached hydrogens (tertiary/aromatic N) is 2. The maximum atomic E-state index is 12.6. The Hall–Kier alpha value is -1.64. The van der Waals surface area contributed by atoms with Gasteiger partial charge in [-0.1, -0.05) is 0 Å². The van der Waals surface area contributed by atoms with Crippen LogP contribution in [0.3, 0.4) is 0 Å². The molecule has 2 heterocycles. The normalized spacial score (nSPS) is 25.6. The van der Waals surface area contributed by atoms with Crippen LogP contribution in [0.15, 0.2) is 27.4 Å². The third-order valence-electron chi connectivity index (χ3n) is 6.81. The van der Waals surface area contributed by atoms with Gasteiger partial charge in [0.05, 0.1) is 11.6 Å². The standard InChI is InChI=1S/C22H30F2N2O4.ClH/c1-3-28-16-6-10-22(2,11-7-16)25-12-8-15(9-13-25)26-18-14-17(29-20(23)24)4-5-19(18)30-21(26)27;/h4-5,14-16,20H,3,6-13H2,1-2H3;1H/t16-,22-;. The largest absolute Gasteiger partial charge is 0.435 e. The van der Waals surface area contributed by atoms with Crippen LogP contribution in [0.25, 0.3) is 11.1 Å². The Morgan fingerprint density at radius 2 is 1.87 bits per heavy atom. The number of hydrogen-bond donors (Lipinski definition) is 0. The molecule has 0 unspecified atom stereocenters. The molecule has 0 atom stereocenters. The molecule has 2 aromatic rings. The number of ether oxygens (including phenoxy) is 2. The van der Waals surface area contributed by atoms with Crippen LogP contribution in [-0.4, -0.2) is 47.4 Å². The fourth-order valence-corrected chi connectivity index (χ4v) is 5.13. The molecule has 31 heavy (non-hydrogen) atoms. The van der Waals surface area contributed by atoms with Crippen LogP contribution in [0.2, 0.25) is 0 Å². The zero-order valence-corrected chi connectivity index (χ0v) is 18.8. The summed E-state index contributed by atoms with van der Waals surface area (Å²) in [5.74, 6) is -0.413. The minimum absolute atomic E-state index is 0. The highest BCUT2D eigenvalue weighted by molar-refractivity contribution is 5.85. The molecule has 4 rings (SSSR count). The third-order valence-corrected chi connectivity index (χ3v) is 6.81. The second-order valence-electron chi connectivity index (χ2n) is 8.62. The molecule has 1 aromatic carbocycles. The summed E-state index contributed by atoms with van der Waals surface area (Å²) in [6, 6.07) is 4.36. The molecular weight excluding hydrogens is 430 g/mol. The van der Waals surface area contributed by atoms with Crippen molar-refractivity contribution < 1.29 is 22.7 Å². The number of alkyl halides is 2. The topological polar surface area (TPSA) is 56.8 Å². The molecule has 0 N–H and O–H groups in total. The summed E-state index contributed by atoms with van der Waals surface area (Å²) in [6.07, 6.45) is 6.42. The number of likely N-dealkylation sites (tertiary alicyclic amines) is 1. The highest BCUT2D eigenvalue weighted by atomic mass is 35.5. The quantitative estimate of drug-likeness (QED) is 0.607. The Balaban J connectivity index is 0.00000272. The molecule has 6 nitrogen and oxygen atoms in total.